The number of nitrogens with zero attached hydrogens (tertiary/aromatic N) is 8. The van der Waals surface area contributed by atoms with Crippen molar-refractivity contribution in [3.63, 3.8) is 0 Å². The molecule has 8 nitrogen and oxygen atoms in total. The van der Waals surface area contributed by atoms with Crippen molar-refractivity contribution in [2.75, 3.05) is 0 Å². The second-order valence-corrected chi connectivity index (χ2v) is 6.11. The van der Waals surface area contributed by atoms with Gasteiger partial charge in [-0.05, 0) is 18.1 Å². The second-order valence-electron chi connectivity index (χ2n) is 6.11. The summed E-state index contributed by atoms with van der Waals surface area (Å²) in [6, 6.07) is 5.69. The molecular weight excluding hydrogens is 304 g/mol. The molecule has 0 unspecified atom stereocenters. The zero-order valence-corrected chi connectivity index (χ0v) is 13.8. The SMILES string of the molecule is CC(C)Cc1nc(-c2cnc3cccnn23)n(-c2ccnn2C)n1. The van der Waals surface area contributed by atoms with E-state index in [1.807, 2.05) is 29.9 Å². The highest BCUT2D eigenvalue weighted by molar-refractivity contribution is 5.57. The van der Waals surface area contributed by atoms with Gasteiger partial charge < -0.3 is 0 Å². The molecule has 0 amide bonds. The van der Waals surface area contributed by atoms with Crippen molar-refractivity contribution >= 4 is 5.65 Å². The van der Waals surface area contributed by atoms with E-state index in [-0.39, 0.29) is 0 Å². The fraction of sp³-hybridized carbons (Fsp3) is 0.312. The molecule has 0 aliphatic carbocycles. The first kappa shape index (κ1) is 14.6. The van der Waals surface area contributed by atoms with Crippen LogP contribution in [-0.4, -0.2) is 39.1 Å². The van der Waals surface area contributed by atoms with Crippen LogP contribution in [0.25, 0.3) is 23.0 Å². The molecule has 0 radical (unpaired) electrons. The van der Waals surface area contributed by atoms with Crippen LogP contribution in [0, 0.1) is 5.92 Å². The smallest absolute Gasteiger partial charge is 0.185 e. The Hall–Kier alpha value is -3.03. The summed E-state index contributed by atoms with van der Waals surface area (Å²) in [5.74, 6) is 2.83. The quantitative estimate of drug-likeness (QED) is 0.573. The maximum absolute atomic E-state index is 4.75. The largest absolute Gasteiger partial charge is 0.251 e. The van der Waals surface area contributed by atoms with E-state index in [1.54, 1.807) is 27.8 Å². The Balaban J connectivity index is 1.93. The van der Waals surface area contributed by atoms with E-state index in [1.165, 1.54) is 0 Å². The van der Waals surface area contributed by atoms with Crippen molar-refractivity contribution in [2.45, 2.75) is 20.3 Å². The second kappa shape index (κ2) is 5.55. The summed E-state index contributed by atoms with van der Waals surface area (Å²) in [5, 5.41) is 13.3. The van der Waals surface area contributed by atoms with Crippen LogP contribution in [0.15, 0.2) is 36.8 Å². The van der Waals surface area contributed by atoms with Gasteiger partial charge in [-0.25, -0.2) is 14.5 Å². The summed E-state index contributed by atoms with van der Waals surface area (Å²) in [6.07, 6.45) is 6.06. The van der Waals surface area contributed by atoms with Gasteiger partial charge >= 0.3 is 0 Å². The first-order valence-corrected chi connectivity index (χ1v) is 7.87. The lowest BCUT2D eigenvalue weighted by atomic mass is 10.1. The molecule has 4 aromatic heterocycles. The van der Waals surface area contributed by atoms with Gasteiger partial charge in [-0.1, -0.05) is 13.8 Å². The molecule has 0 bridgehead atoms. The zero-order valence-electron chi connectivity index (χ0n) is 13.8. The van der Waals surface area contributed by atoms with Crippen LogP contribution in [0.3, 0.4) is 0 Å². The predicted octanol–water partition coefficient (Wildman–Crippen LogP) is 1.91. The van der Waals surface area contributed by atoms with Crippen molar-refractivity contribution in [3.8, 4) is 17.3 Å². The molecule has 0 aliphatic heterocycles. The standard InChI is InChI=1S/C16H18N8/c1-11(2)9-13-20-16(24(21-13)15-6-8-18-22(15)3)12-10-17-14-5-4-7-19-23(12)14/h4-8,10-11H,9H2,1-3H3. The lowest BCUT2D eigenvalue weighted by Gasteiger charge is -2.05. The average Bonchev–Trinajstić information content (AvgIpc) is 3.24. The fourth-order valence-corrected chi connectivity index (χ4v) is 2.69. The summed E-state index contributed by atoms with van der Waals surface area (Å²) in [6.45, 7) is 4.31. The summed E-state index contributed by atoms with van der Waals surface area (Å²) in [7, 11) is 1.88. The van der Waals surface area contributed by atoms with Crippen LogP contribution < -0.4 is 0 Å². The van der Waals surface area contributed by atoms with Crippen LogP contribution in [0.5, 0.6) is 0 Å². The van der Waals surface area contributed by atoms with Crippen molar-refractivity contribution < 1.29 is 0 Å². The molecule has 0 fully saturated rings. The molecule has 8 heteroatoms. The Bertz CT molecular complexity index is 991. The van der Waals surface area contributed by atoms with Gasteiger partial charge in [0.25, 0.3) is 0 Å². The number of hydrogen-bond donors (Lipinski definition) is 0. The normalized spacial score (nSPS) is 11.7. The third kappa shape index (κ3) is 2.36. The fourth-order valence-electron chi connectivity index (χ4n) is 2.69. The highest BCUT2D eigenvalue weighted by Crippen LogP contribution is 2.22. The molecule has 0 saturated carbocycles. The molecule has 4 rings (SSSR count). The Morgan fingerprint density at radius 2 is 2.00 bits per heavy atom. The minimum atomic E-state index is 0.473. The Morgan fingerprint density at radius 3 is 2.75 bits per heavy atom. The van der Waals surface area contributed by atoms with Gasteiger partial charge in [0, 0.05) is 25.7 Å². The van der Waals surface area contributed by atoms with Gasteiger partial charge in [-0.15, -0.1) is 5.10 Å². The first-order chi connectivity index (χ1) is 11.6. The monoisotopic (exact) mass is 322 g/mol. The van der Waals surface area contributed by atoms with E-state index in [4.69, 9.17) is 10.1 Å². The summed E-state index contributed by atoms with van der Waals surface area (Å²) < 4.78 is 5.35. The predicted molar refractivity (Wildman–Crippen MR) is 88.6 cm³/mol. The Labute approximate surface area is 138 Å². The van der Waals surface area contributed by atoms with E-state index >= 15 is 0 Å². The van der Waals surface area contributed by atoms with Gasteiger partial charge in [0.15, 0.2) is 23.1 Å². The molecule has 0 saturated heterocycles. The highest BCUT2D eigenvalue weighted by atomic mass is 15.4. The number of imidazole rings is 1. The third-order valence-electron chi connectivity index (χ3n) is 3.76. The molecule has 0 aliphatic rings. The van der Waals surface area contributed by atoms with Crippen molar-refractivity contribution in [1.29, 1.82) is 0 Å². The first-order valence-electron chi connectivity index (χ1n) is 7.87. The molecule has 0 spiro atoms. The summed E-state index contributed by atoms with van der Waals surface area (Å²) in [4.78, 5) is 9.16. The van der Waals surface area contributed by atoms with Crippen LogP contribution in [0.1, 0.15) is 19.7 Å². The average molecular weight is 322 g/mol. The van der Waals surface area contributed by atoms with E-state index in [9.17, 15) is 0 Å². The van der Waals surface area contributed by atoms with Crippen LogP contribution in [0.2, 0.25) is 0 Å². The van der Waals surface area contributed by atoms with Gasteiger partial charge in [0.05, 0.1) is 12.4 Å². The minimum absolute atomic E-state index is 0.473. The lowest BCUT2D eigenvalue weighted by molar-refractivity contribution is 0.614. The van der Waals surface area contributed by atoms with E-state index in [2.05, 4.69) is 29.0 Å². The van der Waals surface area contributed by atoms with Crippen molar-refractivity contribution in [3.05, 3.63) is 42.6 Å². The van der Waals surface area contributed by atoms with E-state index in [0.29, 0.717) is 11.7 Å². The van der Waals surface area contributed by atoms with Crippen LogP contribution in [0.4, 0.5) is 0 Å². The van der Waals surface area contributed by atoms with Gasteiger partial charge in [-0.2, -0.15) is 14.9 Å². The molecule has 0 N–H and O–H groups in total. The lowest BCUT2D eigenvalue weighted by Crippen LogP contribution is -2.08. The van der Waals surface area contributed by atoms with Crippen molar-refractivity contribution in [1.82, 2.24) is 39.1 Å². The van der Waals surface area contributed by atoms with E-state index in [0.717, 1.165) is 29.4 Å². The maximum atomic E-state index is 4.75. The topological polar surface area (TPSA) is 78.7 Å². The Kier molecular flexibility index (Phi) is 3.37. The van der Waals surface area contributed by atoms with Crippen LogP contribution >= 0.6 is 0 Å². The molecule has 0 atom stereocenters. The zero-order chi connectivity index (χ0) is 16.7. The van der Waals surface area contributed by atoms with E-state index < -0.39 is 0 Å². The van der Waals surface area contributed by atoms with Crippen LogP contribution in [-0.2, 0) is 13.5 Å². The number of rotatable bonds is 4. The molecule has 4 heterocycles. The molecule has 24 heavy (non-hydrogen) atoms. The number of hydrogen-bond acceptors (Lipinski definition) is 5. The summed E-state index contributed by atoms with van der Waals surface area (Å²) in [5.41, 5.74) is 1.58. The van der Waals surface area contributed by atoms with Crippen molar-refractivity contribution in [2.24, 2.45) is 13.0 Å². The number of fused-ring (bicyclic) bond motifs is 1. The molecule has 4 aromatic rings. The Morgan fingerprint density at radius 1 is 1.12 bits per heavy atom. The highest BCUT2D eigenvalue weighted by Gasteiger charge is 2.19. The minimum Gasteiger partial charge on any atom is -0.251 e. The van der Waals surface area contributed by atoms with Gasteiger partial charge in [0.1, 0.15) is 5.69 Å². The third-order valence-corrected chi connectivity index (χ3v) is 3.76. The van der Waals surface area contributed by atoms with Gasteiger partial charge in [-0.3, -0.25) is 4.68 Å². The number of aryl methyl sites for hydroxylation is 1. The number of aromatic nitrogens is 8. The molecular formula is C16H18N8. The summed E-state index contributed by atoms with van der Waals surface area (Å²) >= 11 is 0. The molecule has 0 aromatic carbocycles. The molecule has 122 valence electrons. The van der Waals surface area contributed by atoms with Gasteiger partial charge in [0.2, 0.25) is 0 Å². The maximum Gasteiger partial charge on any atom is 0.185 e.